The molecule has 3 saturated heterocycles. The lowest BCUT2D eigenvalue weighted by molar-refractivity contribution is -0.174. The highest BCUT2D eigenvalue weighted by Gasteiger charge is 2.58. The highest BCUT2D eigenvalue weighted by atomic mass is 16.5. The molecule has 12 heteroatoms. The zero-order valence-electron chi connectivity index (χ0n) is 42.1. The molecule has 66 heavy (non-hydrogen) atoms. The van der Waals surface area contributed by atoms with Gasteiger partial charge in [0, 0.05) is 44.3 Å². The van der Waals surface area contributed by atoms with E-state index in [4.69, 9.17) is 19.7 Å². The molecule has 374 valence electrons. The molecule has 4 aliphatic rings. The Morgan fingerprint density at radius 1 is 0.939 bits per heavy atom. The molecule has 3 amide bonds. The highest BCUT2D eigenvalue weighted by molar-refractivity contribution is 5.95. The molecule has 5 N–H and O–H groups in total. The number of aliphatic hydroxyl groups excluding tert-OH is 5. The number of para-hydroxylation sites is 1. The van der Waals surface area contributed by atoms with Crippen molar-refractivity contribution in [2.75, 3.05) is 50.9 Å². The molecule has 0 aromatic heterocycles. The number of allylic oxidation sites excluding steroid dienone is 3. The van der Waals surface area contributed by atoms with Crippen LogP contribution in [0.4, 0.5) is 10.5 Å². The molecule has 0 aliphatic carbocycles. The zero-order chi connectivity index (χ0) is 49.7. The Bertz CT molecular complexity index is 1640. The molecule has 2 aromatic rings. The van der Waals surface area contributed by atoms with Crippen molar-refractivity contribution in [2.45, 2.75) is 163 Å². The number of anilines is 1. The number of hydrogen-bond acceptors (Lipinski definition) is 9. The van der Waals surface area contributed by atoms with E-state index in [-0.39, 0.29) is 61.3 Å². The number of benzene rings is 2. The Balaban J connectivity index is 0.000000500. The van der Waals surface area contributed by atoms with E-state index in [2.05, 4.69) is 45.2 Å². The molecular weight excluding hydrogens is 835 g/mol. The molecule has 4 aliphatic heterocycles. The van der Waals surface area contributed by atoms with Gasteiger partial charge in [0.1, 0.15) is 6.10 Å². The second-order valence-corrected chi connectivity index (χ2v) is 17.1. The Morgan fingerprint density at radius 2 is 1.56 bits per heavy atom. The number of carbonyl (C=O) groups is 2. The number of piperidine rings is 1. The maximum atomic E-state index is 13.1. The molecule has 3 fully saturated rings. The van der Waals surface area contributed by atoms with Gasteiger partial charge in [-0.3, -0.25) is 9.69 Å². The summed E-state index contributed by atoms with van der Waals surface area (Å²) in [5.41, 5.74) is 3.20. The number of nitrogens with zero attached hydrogens (tertiary/aromatic N) is 3. The average molecular weight is 924 g/mol. The lowest BCUT2D eigenvalue weighted by atomic mass is 9.65. The van der Waals surface area contributed by atoms with Gasteiger partial charge in [0.25, 0.3) is 0 Å². The van der Waals surface area contributed by atoms with E-state index in [1.807, 2.05) is 110 Å². The van der Waals surface area contributed by atoms with Gasteiger partial charge in [-0.15, -0.1) is 13.2 Å². The smallest absolute Gasteiger partial charge is 0.324 e. The normalized spacial score (nSPS) is 22.9. The number of ether oxygens (including phenoxy) is 2. The number of amides is 3. The third-order valence-corrected chi connectivity index (χ3v) is 12.6. The van der Waals surface area contributed by atoms with Crippen molar-refractivity contribution in [2.24, 2.45) is 11.3 Å². The minimum atomic E-state index is -0.659. The SMILES string of the molecule is C/C=C\C.C=C.CC.CC1CC(O)C(Cc2ccccc2)OC1CO.CCC(O)C(CO)OCC(C)O.CCCC/C=C/CN1C(=O)C2(CCN(C(=O)N3CCc4ccccc43)CC2)C1C. The summed E-state index contributed by atoms with van der Waals surface area (Å²) in [6.07, 6.45) is 13.7. The molecule has 6 rings (SSSR count). The summed E-state index contributed by atoms with van der Waals surface area (Å²) in [5.74, 6) is 0.491. The van der Waals surface area contributed by atoms with Crippen molar-refractivity contribution in [1.82, 2.24) is 9.80 Å². The van der Waals surface area contributed by atoms with Gasteiger partial charge in [0.05, 0.1) is 55.8 Å². The van der Waals surface area contributed by atoms with Crippen LogP contribution in [-0.4, -0.2) is 136 Å². The van der Waals surface area contributed by atoms with Crippen LogP contribution >= 0.6 is 0 Å². The zero-order valence-corrected chi connectivity index (χ0v) is 42.1. The quantitative estimate of drug-likeness (QED) is 0.0710. The van der Waals surface area contributed by atoms with Crippen LogP contribution in [0.15, 0.2) is 92.1 Å². The second kappa shape index (κ2) is 33.6. The van der Waals surface area contributed by atoms with Gasteiger partial charge in [-0.1, -0.05) is 120 Å². The standard InChI is InChI=1S/C24H33N3O2.C14H20O3.C8H18O4.C4H8.C2H6.C2H4/c1-3-4-5-6-9-15-26-19(2)24(22(26)28)13-17-25(18-14-24)23(29)27-16-12-20-10-7-8-11-21(20)27;1-10-7-12(16)13(17-14(10)9-15)8-11-5-3-2-4-6-11;1-3-7(11)8(4-9)12-5-6(2)10;1-3-4-2;2*1-2/h6-11,19H,3-5,12-18H2,1-2H3;2-6,10,12-16H,7-9H2,1H3;6-11H,3-5H2,1-2H3;3-4H,1-2H3;1-2H3;1-2H2/b9-6+;;;4-3-;;. The fraction of sp³-hybridized carbons (Fsp3) is 0.630. The molecule has 4 heterocycles. The van der Waals surface area contributed by atoms with Crippen LogP contribution in [0.1, 0.15) is 118 Å². The van der Waals surface area contributed by atoms with E-state index in [0.717, 1.165) is 50.0 Å². The number of rotatable bonds is 14. The molecular formula is C54H89N3O9. The van der Waals surface area contributed by atoms with Gasteiger partial charge in [0.2, 0.25) is 5.91 Å². The first-order valence-corrected chi connectivity index (χ1v) is 24.6. The largest absolute Gasteiger partial charge is 0.394 e. The molecule has 8 unspecified atom stereocenters. The number of likely N-dealkylation sites (tertiary alicyclic amines) is 2. The number of carbonyl (C=O) groups excluding carboxylic acids is 2. The number of aliphatic hydroxyl groups is 5. The van der Waals surface area contributed by atoms with Crippen molar-refractivity contribution in [3.63, 3.8) is 0 Å². The number of fused-ring (bicyclic) bond motifs is 1. The predicted molar refractivity (Wildman–Crippen MR) is 270 cm³/mol. The van der Waals surface area contributed by atoms with E-state index in [1.165, 1.54) is 18.4 Å². The summed E-state index contributed by atoms with van der Waals surface area (Å²) >= 11 is 0. The lowest BCUT2D eigenvalue weighted by Crippen LogP contribution is -2.70. The Morgan fingerprint density at radius 3 is 2.11 bits per heavy atom. The highest BCUT2D eigenvalue weighted by Crippen LogP contribution is 2.47. The van der Waals surface area contributed by atoms with E-state index in [1.54, 1.807) is 13.8 Å². The van der Waals surface area contributed by atoms with Crippen LogP contribution in [-0.2, 0) is 27.1 Å². The predicted octanol–water partition coefficient (Wildman–Crippen LogP) is 8.53. The number of β-lactam (4-membered cyclic amide) rings is 1. The van der Waals surface area contributed by atoms with E-state index in [0.29, 0.717) is 32.4 Å². The third kappa shape index (κ3) is 18.3. The number of urea groups is 1. The van der Waals surface area contributed by atoms with Crippen LogP contribution in [0.25, 0.3) is 0 Å². The first kappa shape index (κ1) is 60.1. The second-order valence-electron chi connectivity index (χ2n) is 17.1. The Hall–Kier alpha value is -3.88. The number of unbranched alkanes of at least 4 members (excludes halogenated alkanes) is 2. The Kier molecular flexibility index (Phi) is 30.6. The van der Waals surface area contributed by atoms with Crippen LogP contribution in [0.2, 0.25) is 0 Å². The van der Waals surface area contributed by atoms with Crippen molar-refractivity contribution >= 4 is 17.6 Å². The van der Waals surface area contributed by atoms with E-state index in [9.17, 15) is 24.9 Å². The summed E-state index contributed by atoms with van der Waals surface area (Å²) in [4.78, 5) is 31.9. The topological polar surface area (TPSA) is 163 Å². The minimum Gasteiger partial charge on any atom is -0.394 e. The molecule has 0 radical (unpaired) electrons. The van der Waals surface area contributed by atoms with Gasteiger partial charge >= 0.3 is 6.03 Å². The van der Waals surface area contributed by atoms with Gasteiger partial charge in [-0.05, 0) is 89.3 Å². The average Bonchev–Trinajstić information content (AvgIpc) is 3.79. The number of hydrogen-bond donors (Lipinski definition) is 5. The summed E-state index contributed by atoms with van der Waals surface area (Å²) in [5, 5.41) is 46.1. The van der Waals surface area contributed by atoms with Crippen molar-refractivity contribution in [3.05, 3.63) is 103 Å². The van der Waals surface area contributed by atoms with Crippen LogP contribution in [0.3, 0.4) is 0 Å². The maximum Gasteiger partial charge on any atom is 0.324 e. The summed E-state index contributed by atoms with van der Waals surface area (Å²) in [6.45, 7) is 26.5. The van der Waals surface area contributed by atoms with Gasteiger partial charge in [-0.2, -0.15) is 0 Å². The van der Waals surface area contributed by atoms with Crippen molar-refractivity contribution < 1.29 is 44.6 Å². The van der Waals surface area contributed by atoms with Gasteiger partial charge in [-0.25, -0.2) is 4.79 Å². The maximum absolute atomic E-state index is 13.1. The molecule has 2 aromatic carbocycles. The third-order valence-electron chi connectivity index (χ3n) is 12.6. The first-order valence-electron chi connectivity index (χ1n) is 24.6. The van der Waals surface area contributed by atoms with Crippen LogP contribution in [0, 0.1) is 11.3 Å². The molecule has 12 nitrogen and oxygen atoms in total. The van der Waals surface area contributed by atoms with Gasteiger partial charge < -0.3 is 44.8 Å². The summed E-state index contributed by atoms with van der Waals surface area (Å²) < 4.78 is 10.8. The molecule has 0 saturated carbocycles. The molecule has 8 atom stereocenters. The van der Waals surface area contributed by atoms with Crippen LogP contribution < -0.4 is 4.90 Å². The monoisotopic (exact) mass is 924 g/mol. The fourth-order valence-electron chi connectivity index (χ4n) is 8.38. The summed E-state index contributed by atoms with van der Waals surface area (Å²) in [6, 6.07) is 18.5. The summed E-state index contributed by atoms with van der Waals surface area (Å²) in [7, 11) is 0. The van der Waals surface area contributed by atoms with E-state index >= 15 is 0 Å². The van der Waals surface area contributed by atoms with Crippen LogP contribution in [0.5, 0.6) is 0 Å². The van der Waals surface area contributed by atoms with E-state index < -0.39 is 24.4 Å². The molecule has 1 spiro atoms. The Labute approximate surface area is 399 Å². The fourth-order valence-corrected chi connectivity index (χ4v) is 8.38. The van der Waals surface area contributed by atoms with Crippen molar-refractivity contribution in [1.29, 1.82) is 0 Å². The first-order chi connectivity index (χ1) is 31.8. The van der Waals surface area contributed by atoms with Crippen molar-refractivity contribution in [3.8, 4) is 0 Å². The minimum absolute atomic E-state index is 0.0270. The molecule has 0 bridgehead atoms. The lowest BCUT2D eigenvalue weighted by Gasteiger charge is -2.57. The van der Waals surface area contributed by atoms with Gasteiger partial charge in [0.15, 0.2) is 0 Å².